The molecule has 0 saturated carbocycles. The number of fused-ring (bicyclic) bond motifs is 2. The maximum absolute atomic E-state index is 16.2. The molecule has 256 valence electrons. The lowest BCUT2D eigenvalue weighted by atomic mass is 9.82. The standard InChI is InChI=1S/C34H38FN7O6Si/c1-21-31(49(2,3)35)30(14-16-40-20-26(15-17-43)38-39-40)48-34(21)28-18-27(42(46)47)12-13-29(28)41(33(34)45)19-22-4-10-25(11-5-22)37-32(44)23-6-8-24(36)9-7-23/h4-13,18,20-21,30-31,43H,14-17,19,36H2,1-3H3,(H,37,44)/t21-,30+,31-,34+/m0/s1. The molecule has 2 aliphatic heterocycles. The van der Waals surface area contributed by atoms with Crippen LogP contribution in [0, 0.1) is 16.0 Å². The van der Waals surface area contributed by atoms with Crippen LogP contribution in [0.1, 0.15) is 40.5 Å². The average Bonchev–Trinajstić information content (AvgIpc) is 3.71. The van der Waals surface area contributed by atoms with Crippen molar-refractivity contribution in [2.75, 3.05) is 22.6 Å². The molecule has 0 aliphatic carbocycles. The number of hydrogen-bond acceptors (Lipinski definition) is 9. The van der Waals surface area contributed by atoms with E-state index in [1.54, 1.807) is 90.4 Å². The van der Waals surface area contributed by atoms with E-state index in [9.17, 15) is 24.8 Å². The Balaban J connectivity index is 1.29. The van der Waals surface area contributed by atoms with Crippen LogP contribution in [0.2, 0.25) is 18.6 Å². The Morgan fingerprint density at radius 3 is 2.53 bits per heavy atom. The summed E-state index contributed by atoms with van der Waals surface area (Å²) in [7, 11) is -3.47. The fraction of sp³-hybridized carbons (Fsp3) is 0.353. The summed E-state index contributed by atoms with van der Waals surface area (Å²) in [6.45, 7) is 5.38. The van der Waals surface area contributed by atoms with Crippen molar-refractivity contribution in [1.82, 2.24) is 15.0 Å². The number of amides is 2. The number of nitrogens with one attached hydrogen (secondary N) is 1. The van der Waals surface area contributed by atoms with Crippen molar-refractivity contribution in [1.29, 1.82) is 0 Å². The largest absolute Gasteiger partial charge is 0.399 e. The number of aryl methyl sites for hydroxylation is 1. The summed E-state index contributed by atoms with van der Waals surface area (Å²) in [5.74, 6) is -1.34. The first-order valence-corrected chi connectivity index (χ1v) is 19.0. The first-order chi connectivity index (χ1) is 23.3. The number of carbonyl (C=O) groups is 2. The number of nitrogens with zero attached hydrogens (tertiary/aromatic N) is 5. The van der Waals surface area contributed by atoms with Crippen LogP contribution in [-0.2, 0) is 34.6 Å². The molecule has 2 aliphatic rings. The maximum atomic E-state index is 16.2. The van der Waals surface area contributed by atoms with E-state index in [4.69, 9.17) is 10.5 Å². The van der Waals surface area contributed by atoms with Crippen LogP contribution in [0.25, 0.3) is 0 Å². The zero-order valence-corrected chi connectivity index (χ0v) is 28.4. The molecule has 4 aromatic rings. The molecule has 0 bridgehead atoms. The van der Waals surface area contributed by atoms with Gasteiger partial charge >= 0.3 is 0 Å². The van der Waals surface area contributed by atoms with Gasteiger partial charge in [0.05, 0.1) is 29.0 Å². The summed E-state index contributed by atoms with van der Waals surface area (Å²) in [4.78, 5) is 40.3. The molecule has 4 N–H and O–H groups in total. The smallest absolute Gasteiger partial charge is 0.269 e. The van der Waals surface area contributed by atoms with Crippen LogP contribution in [0.5, 0.6) is 0 Å². The summed E-state index contributed by atoms with van der Waals surface area (Å²) in [6, 6.07) is 17.9. The number of rotatable bonds is 11. The Morgan fingerprint density at radius 2 is 1.88 bits per heavy atom. The van der Waals surface area contributed by atoms with Crippen molar-refractivity contribution < 1.29 is 28.5 Å². The third-order valence-corrected chi connectivity index (χ3v) is 11.9. The van der Waals surface area contributed by atoms with Crippen molar-refractivity contribution >= 4 is 43.0 Å². The number of halogens is 1. The van der Waals surface area contributed by atoms with Crippen LogP contribution in [0.3, 0.4) is 0 Å². The number of aromatic nitrogens is 3. The molecule has 6 rings (SSSR count). The van der Waals surface area contributed by atoms with Crippen molar-refractivity contribution in [2.24, 2.45) is 5.92 Å². The monoisotopic (exact) mass is 687 g/mol. The van der Waals surface area contributed by atoms with Gasteiger partial charge in [-0.3, -0.25) is 24.4 Å². The molecular formula is C34H38FN7O6Si. The van der Waals surface area contributed by atoms with Gasteiger partial charge in [0.15, 0.2) is 5.60 Å². The molecule has 3 heterocycles. The summed E-state index contributed by atoms with van der Waals surface area (Å²) < 4.78 is 24.5. The van der Waals surface area contributed by atoms with E-state index in [0.29, 0.717) is 53.3 Å². The molecule has 0 unspecified atom stereocenters. The Kier molecular flexibility index (Phi) is 9.09. The molecule has 1 aromatic heterocycles. The molecule has 1 spiro atoms. The molecule has 15 heteroatoms. The Hall–Kier alpha value is -4.99. The number of carbonyl (C=O) groups excluding carboxylic acids is 2. The molecule has 2 amide bonds. The van der Waals surface area contributed by atoms with Crippen molar-refractivity contribution in [3.8, 4) is 0 Å². The number of nitro groups is 1. The third kappa shape index (κ3) is 6.44. The highest BCUT2D eigenvalue weighted by Gasteiger charge is 2.66. The number of nitrogen functional groups attached to an aromatic ring is 1. The number of nitro benzene ring substituents is 1. The topological polar surface area (TPSA) is 179 Å². The zero-order chi connectivity index (χ0) is 35.1. The van der Waals surface area contributed by atoms with Gasteiger partial charge in [0.25, 0.3) is 17.5 Å². The zero-order valence-electron chi connectivity index (χ0n) is 27.4. The van der Waals surface area contributed by atoms with E-state index < -0.39 is 42.4 Å². The van der Waals surface area contributed by atoms with Gasteiger partial charge in [-0.15, -0.1) is 5.10 Å². The number of aliphatic hydroxyl groups excluding tert-OH is 1. The lowest BCUT2D eigenvalue weighted by Crippen LogP contribution is -2.45. The fourth-order valence-corrected chi connectivity index (χ4v) is 9.77. The Bertz CT molecular complexity index is 1880. The van der Waals surface area contributed by atoms with Crippen molar-refractivity contribution in [2.45, 2.75) is 63.2 Å². The second kappa shape index (κ2) is 13.1. The van der Waals surface area contributed by atoms with E-state index in [1.807, 2.05) is 0 Å². The van der Waals surface area contributed by atoms with Crippen LogP contribution < -0.4 is 16.0 Å². The highest BCUT2D eigenvalue weighted by molar-refractivity contribution is 6.72. The van der Waals surface area contributed by atoms with Crippen molar-refractivity contribution in [3.63, 3.8) is 0 Å². The van der Waals surface area contributed by atoms with Crippen LogP contribution in [0.4, 0.5) is 26.9 Å². The van der Waals surface area contributed by atoms with E-state index >= 15 is 4.11 Å². The SMILES string of the molecule is C[C@H]1[C@H]([Si](C)(C)F)[C@@H](CCn2cc(CCO)nn2)O[C@]12C(=O)N(Cc1ccc(NC(=O)c3ccc(N)cc3)cc1)c1ccc([N+](=O)[O-])cc12. The van der Waals surface area contributed by atoms with E-state index in [1.165, 1.54) is 12.1 Å². The quantitative estimate of drug-likeness (QED) is 0.0646. The number of aliphatic hydroxyl groups is 1. The maximum Gasteiger partial charge on any atom is 0.269 e. The van der Waals surface area contributed by atoms with Crippen LogP contribution >= 0.6 is 0 Å². The Morgan fingerprint density at radius 1 is 1.16 bits per heavy atom. The number of benzene rings is 3. The van der Waals surface area contributed by atoms with Gasteiger partial charge in [0, 0.05) is 71.9 Å². The molecule has 13 nitrogen and oxygen atoms in total. The summed E-state index contributed by atoms with van der Waals surface area (Å²) in [6.07, 6.45) is 1.73. The second-order valence-corrected chi connectivity index (χ2v) is 16.9. The van der Waals surface area contributed by atoms with E-state index in [2.05, 4.69) is 15.6 Å². The highest BCUT2D eigenvalue weighted by Crippen LogP contribution is 2.60. The minimum absolute atomic E-state index is 0.0659. The number of anilines is 3. The number of nitrogens with two attached hydrogens (primary N) is 1. The molecular weight excluding hydrogens is 650 g/mol. The molecule has 1 fully saturated rings. The van der Waals surface area contributed by atoms with Gasteiger partial charge in [-0.2, -0.15) is 0 Å². The van der Waals surface area contributed by atoms with E-state index in [-0.39, 0.29) is 24.7 Å². The number of non-ortho nitro benzene ring substituents is 1. The first kappa shape index (κ1) is 33.9. The fourth-order valence-electron chi connectivity index (χ4n) is 7.23. The lowest BCUT2D eigenvalue weighted by Gasteiger charge is -2.31. The number of ether oxygens (including phenoxy) is 1. The van der Waals surface area contributed by atoms with Gasteiger partial charge in [0.1, 0.15) is 0 Å². The van der Waals surface area contributed by atoms with Gasteiger partial charge in [0.2, 0.25) is 8.41 Å². The minimum Gasteiger partial charge on any atom is -0.399 e. The van der Waals surface area contributed by atoms with Crippen LogP contribution in [0.15, 0.2) is 72.9 Å². The normalized spacial score (nSPS) is 21.7. The molecule has 49 heavy (non-hydrogen) atoms. The van der Waals surface area contributed by atoms with Crippen LogP contribution in [-0.4, -0.2) is 58.0 Å². The van der Waals surface area contributed by atoms with Gasteiger partial charge < -0.3 is 29.9 Å². The summed E-state index contributed by atoms with van der Waals surface area (Å²) in [5, 5.41) is 32.1. The summed E-state index contributed by atoms with van der Waals surface area (Å²) >= 11 is 0. The van der Waals surface area contributed by atoms with Gasteiger partial charge in [-0.1, -0.05) is 24.3 Å². The van der Waals surface area contributed by atoms with E-state index in [0.717, 1.165) is 5.56 Å². The lowest BCUT2D eigenvalue weighted by molar-refractivity contribution is -0.385. The molecule has 3 aromatic carbocycles. The first-order valence-electron chi connectivity index (χ1n) is 16.0. The highest BCUT2D eigenvalue weighted by atomic mass is 28.4. The average molecular weight is 688 g/mol. The van der Waals surface area contributed by atoms with Crippen molar-refractivity contribution in [3.05, 3.63) is 105 Å². The van der Waals surface area contributed by atoms with Gasteiger partial charge in [-0.05, 0) is 67.5 Å². The predicted octanol–water partition coefficient (Wildman–Crippen LogP) is 4.97. The second-order valence-electron chi connectivity index (χ2n) is 13.1. The minimum atomic E-state index is -3.47. The number of hydrogen-bond donors (Lipinski definition) is 3. The molecule has 4 atom stereocenters. The Labute approximate surface area is 283 Å². The predicted molar refractivity (Wildman–Crippen MR) is 183 cm³/mol. The van der Waals surface area contributed by atoms with Gasteiger partial charge in [-0.25, -0.2) is 0 Å². The molecule has 1 saturated heterocycles. The summed E-state index contributed by atoms with van der Waals surface area (Å²) in [5.41, 5.74) is 7.02. The third-order valence-electron chi connectivity index (χ3n) is 9.48. The molecule has 0 radical (unpaired) electrons.